The predicted molar refractivity (Wildman–Crippen MR) is 58.8 cm³/mol. The molecule has 4 heteroatoms. The lowest BCUT2D eigenvalue weighted by molar-refractivity contribution is 0.0953. The fourth-order valence-corrected chi connectivity index (χ4v) is 1.44. The van der Waals surface area contributed by atoms with Crippen LogP contribution in [0.5, 0.6) is 5.75 Å². The molecule has 0 aliphatic heterocycles. The van der Waals surface area contributed by atoms with Crippen LogP contribution >= 0.6 is 22.6 Å². The van der Waals surface area contributed by atoms with E-state index >= 15 is 0 Å². The standard InChI is InChI=1S/C9H10INO2/c1-2-11-9(13)7-5-6(10)3-4-8(7)12/h3-5,12H,2H2,1H3,(H,11,13). The highest BCUT2D eigenvalue weighted by atomic mass is 127. The number of aromatic hydroxyl groups is 1. The van der Waals surface area contributed by atoms with Gasteiger partial charge in [0, 0.05) is 10.1 Å². The molecule has 1 aromatic carbocycles. The fourth-order valence-electron chi connectivity index (χ4n) is 0.946. The van der Waals surface area contributed by atoms with Crippen LogP contribution in [0.4, 0.5) is 0 Å². The molecule has 0 spiro atoms. The molecule has 0 fully saturated rings. The number of hydrogen-bond donors (Lipinski definition) is 2. The number of nitrogens with one attached hydrogen (secondary N) is 1. The molecule has 2 N–H and O–H groups in total. The van der Waals surface area contributed by atoms with E-state index in [1.54, 1.807) is 12.1 Å². The van der Waals surface area contributed by atoms with Crippen LogP contribution in [0.1, 0.15) is 17.3 Å². The van der Waals surface area contributed by atoms with E-state index < -0.39 is 0 Å². The second-order valence-corrected chi connectivity index (χ2v) is 3.77. The number of hydrogen-bond acceptors (Lipinski definition) is 2. The van der Waals surface area contributed by atoms with Crippen molar-refractivity contribution in [3.05, 3.63) is 27.3 Å². The number of carbonyl (C=O) groups excluding carboxylic acids is 1. The van der Waals surface area contributed by atoms with E-state index in [4.69, 9.17) is 0 Å². The van der Waals surface area contributed by atoms with Gasteiger partial charge in [0.25, 0.3) is 5.91 Å². The van der Waals surface area contributed by atoms with Gasteiger partial charge in [0.05, 0.1) is 5.56 Å². The van der Waals surface area contributed by atoms with Crippen LogP contribution in [0.2, 0.25) is 0 Å². The zero-order valence-electron chi connectivity index (χ0n) is 7.17. The van der Waals surface area contributed by atoms with Crippen LogP contribution in [0, 0.1) is 3.57 Å². The average molecular weight is 291 g/mol. The maximum atomic E-state index is 11.3. The van der Waals surface area contributed by atoms with Gasteiger partial charge in [-0.05, 0) is 47.7 Å². The summed E-state index contributed by atoms with van der Waals surface area (Å²) in [7, 11) is 0. The van der Waals surface area contributed by atoms with Gasteiger partial charge in [-0.25, -0.2) is 0 Å². The Morgan fingerprint density at radius 3 is 2.92 bits per heavy atom. The van der Waals surface area contributed by atoms with E-state index in [9.17, 15) is 9.90 Å². The van der Waals surface area contributed by atoms with E-state index in [1.807, 2.05) is 6.92 Å². The zero-order valence-corrected chi connectivity index (χ0v) is 9.33. The van der Waals surface area contributed by atoms with Crippen LogP contribution in [0.25, 0.3) is 0 Å². The van der Waals surface area contributed by atoms with Gasteiger partial charge in [-0.3, -0.25) is 4.79 Å². The van der Waals surface area contributed by atoms with Crippen LogP contribution in [0.15, 0.2) is 18.2 Å². The van der Waals surface area contributed by atoms with Gasteiger partial charge < -0.3 is 10.4 Å². The molecule has 3 nitrogen and oxygen atoms in total. The van der Waals surface area contributed by atoms with E-state index in [0.717, 1.165) is 3.57 Å². The number of benzene rings is 1. The number of amides is 1. The Hall–Kier alpha value is -0.780. The molecule has 0 aliphatic rings. The molecule has 70 valence electrons. The number of halogens is 1. The summed E-state index contributed by atoms with van der Waals surface area (Å²) in [4.78, 5) is 11.3. The first-order valence-electron chi connectivity index (χ1n) is 3.92. The molecular weight excluding hydrogens is 281 g/mol. The van der Waals surface area contributed by atoms with Crippen molar-refractivity contribution in [3.8, 4) is 5.75 Å². The molecule has 1 amide bonds. The lowest BCUT2D eigenvalue weighted by atomic mass is 10.2. The maximum Gasteiger partial charge on any atom is 0.255 e. The van der Waals surface area contributed by atoms with E-state index in [0.29, 0.717) is 12.1 Å². The molecule has 0 radical (unpaired) electrons. The number of phenolic OH excluding ortho intramolecular Hbond substituents is 1. The van der Waals surface area contributed by atoms with Crippen molar-refractivity contribution >= 4 is 28.5 Å². The highest BCUT2D eigenvalue weighted by Gasteiger charge is 2.09. The normalized spacial score (nSPS) is 9.69. The molecule has 0 aromatic heterocycles. The Morgan fingerprint density at radius 1 is 1.62 bits per heavy atom. The monoisotopic (exact) mass is 291 g/mol. The summed E-state index contributed by atoms with van der Waals surface area (Å²) in [5, 5.41) is 12.0. The Kier molecular flexibility index (Phi) is 3.53. The molecule has 0 aliphatic carbocycles. The van der Waals surface area contributed by atoms with Crippen LogP contribution < -0.4 is 5.32 Å². The van der Waals surface area contributed by atoms with Gasteiger partial charge in [0.1, 0.15) is 5.75 Å². The third-order valence-electron chi connectivity index (χ3n) is 1.54. The molecule has 0 bridgehead atoms. The summed E-state index contributed by atoms with van der Waals surface area (Å²) in [6.45, 7) is 2.40. The van der Waals surface area contributed by atoms with Crippen LogP contribution in [-0.4, -0.2) is 17.6 Å². The molecule has 0 saturated heterocycles. The van der Waals surface area contributed by atoms with Gasteiger partial charge in [0.2, 0.25) is 0 Å². The minimum absolute atomic E-state index is 0.0198. The van der Waals surface area contributed by atoms with Crippen molar-refractivity contribution in [1.29, 1.82) is 0 Å². The second kappa shape index (κ2) is 4.45. The topological polar surface area (TPSA) is 49.3 Å². The fraction of sp³-hybridized carbons (Fsp3) is 0.222. The SMILES string of the molecule is CCNC(=O)c1cc(I)ccc1O. The first-order valence-corrected chi connectivity index (χ1v) is 4.99. The third-order valence-corrected chi connectivity index (χ3v) is 2.21. The third kappa shape index (κ3) is 2.58. The van der Waals surface area contributed by atoms with Crippen LogP contribution in [0.3, 0.4) is 0 Å². The van der Waals surface area contributed by atoms with Crippen molar-refractivity contribution in [2.45, 2.75) is 6.92 Å². The minimum Gasteiger partial charge on any atom is -0.507 e. The summed E-state index contributed by atoms with van der Waals surface area (Å²) >= 11 is 2.09. The van der Waals surface area contributed by atoms with Gasteiger partial charge >= 0.3 is 0 Å². The quantitative estimate of drug-likeness (QED) is 0.816. The second-order valence-electron chi connectivity index (χ2n) is 2.52. The molecule has 1 aromatic rings. The smallest absolute Gasteiger partial charge is 0.255 e. The zero-order chi connectivity index (χ0) is 9.84. The predicted octanol–water partition coefficient (Wildman–Crippen LogP) is 1.75. The van der Waals surface area contributed by atoms with Gasteiger partial charge in [0.15, 0.2) is 0 Å². The summed E-state index contributed by atoms with van der Waals surface area (Å²) in [5.74, 6) is -0.218. The molecule has 0 atom stereocenters. The first kappa shape index (κ1) is 10.3. The van der Waals surface area contributed by atoms with Crippen LogP contribution in [-0.2, 0) is 0 Å². The van der Waals surface area contributed by atoms with Crippen molar-refractivity contribution in [2.75, 3.05) is 6.54 Å². The summed E-state index contributed by atoms with van der Waals surface area (Å²) in [6, 6.07) is 4.92. The Labute approximate surface area is 90.3 Å². The van der Waals surface area contributed by atoms with E-state index in [1.165, 1.54) is 6.07 Å². The molecule has 0 heterocycles. The number of carbonyl (C=O) groups is 1. The summed E-state index contributed by atoms with van der Waals surface area (Å²) < 4.78 is 0.927. The Morgan fingerprint density at radius 2 is 2.31 bits per heavy atom. The van der Waals surface area contributed by atoms with Gasteiger partial charge in [-0.1, -0.05) is 0 Å². The molecule has 0 saturated carbocycles. The summed E-state index contributed by atoms with van der Waals surface area (Å²) in [6.07, 6.45) is 0. The molecular formula is C9H10INO2. The molecule has 13 heavy (non-hydrogen) atoms. The average Bonchev–Trinajstić information content (AvgIpc) is 2.09. The number of rotatable bonds is 2. The lowest BCUT2D eigenvalue weighted by Gasteiger charge is -2.04. The minimum atomic E-state index is -0.237. The van der Waals surface area contributed by atoms with Crippen molar-refractivity contribution < 1.29 is 9.90 Å². The van der Waals surface area contributed by atoms with Gasteiger partial charge in [-0.15, -0.1) is 0 Å². The van der Waals surface area contributed by atoms with E-state index in [-0.39, 0.29) is 11.7 Å². The van der Waals surface area contributed by atoms with Gasteiger partial charge in [-0.2, -0.15) is 0 Å². The summed E-state index contributed by atoms with van der Waals surface area (Å²) in [5.41, 5.74) is 0.328. The largest absolute Gasteiger partial charge is 0.507 e. The Balaban J connectivity index is 2.99. The molecule has 1 rings (SSSR count). The maximum absolute atomic E-state index is 11.3. The molecule has 0 unspecified atom stereocenters. The van der Waals surface area contributed by atoms with E-state index in [2.05, 4.69) is 27.9 Å². The highest BCUT2D eigenvalue weighted by molar-refractivity contribution is 14.1. The van der Waals surface area contributed by atoms with Crippen molar-refractivity contribution in [2.24, 2.45) is 0 Å². The highest BCUT2D eigenvalue weighted by Crippen LogP contribution is 2.19. The Bertz CT molecular complexity index is 325. The van der Waals surface area contributed by atoms with Crippen molar-refractivity contribution in [3.63, 3.8) is 0 Å². The number of phenols is 1. The van der Waals surface area contributed by atoms with Crippen molar-refractivity contribution in [1.82, 2.24) is 5.32 Å². The first-order chi connectivity index (χ1) is 6.15. The lowest BCUT2D eigenvalue weighted by Crippen LogP contribution is -2.22.